The lowest BCUT2D eigenvalue weighted by Crippen LogP contribution is -2.59. The van der Waals surface area contributed by atoms with Gasteiger partial charge >= 0.3 is 6.09 Å². The van der Waals surface area contributed by atoms with Crippen LogP contribution in [-0.4, -0.2) is 53.2 Å². The molecule has 1 heterocycles. The Hall–Kier alpha value is -1.55. The van der Waals surface area contributed by atoms with Crippen LogP contribution in [0, 0.1) is 5.41 Å². The van der Waals surface area contributed by atoms with Crippen molar-refractivity contribution in [3.05, 3.63) is 35.9 Å². The molecule has 1 aromatic carbocycles. The van der Waals surface area contributed by atoms with Gasteiger partial charge < -0.3 is 10.0 Å². The molecular weight excluding hydrogens is 264 g/mol. The Morgan fingerprint density at radius 3 is 2.48 bits per heavy atom. The van der Waals surface area contributed by atoms with Gasteiger partial charge in [-0.05, 0) is 17.4 Å². The SMILES string of the molecule is CC(C)(C)[C@@H]1CN(CCc2ccccc2)CCN1C(=O)O. The van der Waals surface area contributed by atoms with Gasteiger partial charge in [0.2, 0.25) is 0 Å². The van der Waals surface area contributed by atoms with E-state index in [1.54, 1.807) is 4.90 Å². The van der Waals surface area contributed by atoms with E-state index >= 15 is 0 Å². The first-order valence-corrected chi connectivity index (χ1v) is 7.64. The van der Waals surface area contributed by atoms with Crippen molar-refractivity contribution in [3.63, 3.8) is 0 Å². The highest BCUT2D eigenvalue weighted by molar-refractivity contribution is 5.65. The molecule has 1 fully saturated rings. The molecule has 4 heteroatoms. The minimum Gasteiger partial charge on any atom is -0.465 e. The lowest BCUT2D eigenvalue weighted by Gasteiger charge is -2.46. The van der Waals surface area contributed by atoms with Crippen molar-refractivity contribution < 1.29 is 9.90 Å². The van der Waals surface area contributed by atoms with Crippen LogP contribution < -0.4 is 0 Å². The molecule has 1 atom stereocenters. The number of hydrogen-bond donors (Lipinski definition) is 1. The molecule has 0 radical (unpaired) electrons. The van der Waals surface area contributed by atoms with Crippen molar-refractivity contribution in [2.45, 2.75) is 33.2 Å². The molecule has 0 unspecified atom stereocenters. The lowest BCUT2D eigenvalue weighted by atomic mass is 9.84. The second-order valence-electron chi connectivity index (χ2n) is 6.89. The van der Waals surface area contributed by atoms with Gasteiger partial charge in [0.15, 0.2) is 0 Å². The van der Waals surface area contributed by atoms with E-state index in [-0.39, 0.29) is 11.5 Å². The van der Waals surface area contributed by atoms with E-state index in [1.807, 2.05) is 6.07 Å². The number of piperazine rings is 1. The quantitative estimate of drug-likeness (QED) is 0.931. The van der Waals surface area contributed by atoms with Crippen molar-refractivity contribution in [1.29, 1.82) is 0 Å². The molecule has 1 amide bonds. The second kappa shape index (κ2) is 6.48. The Labute approximate surface area is 127 Å². The van der Waals surface area contributed by atoms with Crippen LogP contribution in [0.1, 0.15) is 26.3 Å². The number of hydrogen-bond acceptors (Lipinski definition) is 2. The van der Waals surface area contributed by atoms with Crippen LogP contribution in [0.2, 0.25) is 0 Å². The molecule has 1 saturated heterocycles. The van der Waals surface area contributed by atoms with Gasteiger partial charge in [-0.1, -0.05) is 51.1 Å². The molecule has 2 rings (SSSR count). The van der Waals surface area contributed by atoms with E-state index < -0.39 is 6.09 Å². The standard InChI is InChI=1S/C17H26N2O2/c1-17(2,3)15-13-18(11-12-19(15)16(20)21)10-9-14-7-5-4-6-8-14/h4-8,15H,9-13H2,1-3H3,(H,20,21)/t15-/m0/s1. The molecule has 1 aliphatic heterocycles. The monoisotopic (exact) mass is 290 g/mol. The molecular formula is C17H26N2O2. The Morgan fingerprint density at radius 2 is 1.90 bits per heavy atom. The Bertz CT molecular complexity index is 467. The van der Waals surface area contributed by atoms with Crippen molar-refractivity contribution in [2.75, 3.05) is 26.2 Å². The largest absolute Gasteiger partial charge is 0.465 e. The maximum atomic E-state index is 11.4. The molecule has 1 N–H and O–H groups in total. The second-order valence-corrected chi connectivity index (χ2v) is 6.89. The summed E-state index contributed by atoms with van der Waals surface area (Å²) < 4.78 is 0. The summed E-state index contributed by atoms with van der Waals surface area (Å²) in [7, 11) is 0. The van der Waals surface area contributed by atoms with Crippen LogP contribution in [0.15, 0.2) is 30.3 Å². The van der Waals surface area contributed by atoms with Gasteiger partial charge in [0.1, 0.15) is 0 Å². The first-order chi connectivity index (χ1) is 9.88. The van der Waals surface area contributed by atoms with Gasteiger partial charge in [-0.3, -0.25) is 4.90 Å². The lowest BCUT2D eigenvalue weighted by molar-refractivity contribution is 0.0221. The summed E-state index contributed by atoms with van der Waals surface area (Å²) in [6.45, 7) is 9.60. The fraction of sp³-hybridized carbons (Fsp3) is 0.588. The van der Waals surface area contributed by atoms with Crippen molar-refractivity contribution >= 4 is 6.09 Å². The average Bonchev–Trinajstić information content (AvgIpc) is 2.45. The van der Waals surface area contributed by atoms with Crippen molar-refractivity contribution in [3.8, 4) is 0 Å². The van der Waals surface area contributed by atoms with Gasteiger partial charge in [0.25, 0.3) is 0 Å². The van der Waals surface area contributed by atoms with Gasteiger partial charge in [0, 0.05) is 26.2 Å². The molecule has 0 bridgehead atoms. The highest BCUT2D eigenvalue weighted by atomic mass is 16.4. The zero-order valence-corrected chi connectivity index (χ0v) is 13.2. The summed E-state index contributed by atoms with van der Waals surface area (Å²) in [5.41, 5.74) is 1.30. The van der Waals surface area contributed by atoms with E-state index in [1.165, 1.54) is 5.56 Å². The highest BCUT2D eigenvalue weighted by Crippen LogP contribution is 2.27. The summed E-state index contributed by atoms with van der Waals surface area (Å²) >= 11 is 0. The molecule has 1 aliphatic rings. The number of carboxylic acid groups (broad SMARTS) is 1. The number of benzene rings is 1. The summed E-state index contributed by atoms with van der Waals surface area (Å²) in [5.74, 6) is 0. The van der Waals surface area contributed by atoms with E-state index in [9.17, 15) is 9.90 Å². The van der Waals surface area contributed by atoms with Crippen LogP contribution in [0.4, 0.5) is 4.79 Å². The first kappa shape index (κ1) is 15.8. The zero-order chi connectivity index (χ0) is 15.5. The number of rotatable bonds is 3. The summed E-state index contributed by atoms with van der Waals surface area (Å²) in [6.07, 6.45) is 0.225. The van der Waals surface area contributed by atoms with Crippen LogP contribution in [0.3, 0.4) is 0 Å². The topological polar surface area (TPSA) is 43.8 Å². The predicted molar refractivity (Wildman–Crippen MR) is 84.6 cm³/mol. The minimum absolute atomic E-state index is 0.0379. The van der Waals surface area contributed by atoms with E-state index in [4.69, 9.17) is 0 Å². The molecule has 0 aromatic heterocycles. The molecule has 116 valence electrons. The third-order valence-electron chi connectivity index (χ3n) is 4.27. The number of carbonyl (C=O) groups is 1. The van der Waals surface area contributed by atoms with Crippen LogP contribution >= 0.6 is 0 Å². The summed E-state index contributed by atoms with van der Waals surface area (Å²) in [6, 6.07) is 10.5. The molecule has 0 spiro atoms. The maximum Gasteiger partial charge on any atom is 0.407 e. The molecule has 0 saturated carbocycles. The van der Waals surface area contributed by atoms with Crippen LogP contribution in [0.25, 0.3) is 0 Å². The Morgan fingerprint density at radius 1 is 1.24 bits per heavy atom. The van der Waals surface area contributed by atoms with Crippen molar-refractivity contribution in [1.82, 2.24) is 9.80 Å². The average molecular weight is 290 g/mol. The molecule has 1 aromatic rings. The van der Waals surface area contributed by atoms with Gasteiger partial charge in [-0.2, -0.15) is 0 Å². The first-order valence-electron chi connectivity index (χ1n) is 7.64. The molecule has 4 nitrogen and oxygen atoms in total. The summed E-state index contributed by atoms with van der Waals surface area (Å²) in [4.78, 5) is 15.4. The molecule has 21 heavy (non-hydrogen) atoms. The predicted octanol–water partition coefficient (Wildman–Crippen LogP) is 2.94. The van der Waals surface area contributed by atoms with Crippen LogP contribution in [-0.2, 0) is 6.42 Å². The Balaban J connectivity index is 1.96. The normalized spacial score (nSPS) is 20.5. The van der Waals surface area contributed by atoms with E-state index in [0.717, 1.165) is 26.1 Å². The van der Waals surface area contributed by atoms with E-state index in [0.29, 0.717) is 6.54 Å². The van der Waals surface area contributed by atoms with Gasteiger partial charge in [0.05, 0.1) is 6.04 Å². The zero-order valence-electron chi connectivity index (χ0n) is 13.2. The molecule has 0 aliphatic carbocycles. The minimum atomic E-state index is -0.794. The van der Waals surface area contributed by atoms with Gasteiger partial charge in [-0.15, -0.1) is 0 Å². The van der Waals surface area contributed by atoms with Crippen LogP contribution in [0.5, 0.6) is 0 Å². The third-order valence-corrected chi connectivity index (χ3v) is 4.27. The fourth-order valence-electron chi connectivity index (χ4n) is 2.94. The highest BCUT2D eigenvalue weighted by Gasteiger charge is 2.37. The summed E-state index contributed by atoms with van der Waals surface area (Å²) in [5, 5.41) is 9.37. The number of nitrogens with zero attached hydrogens (tertiary/aromatic N) is 2. The smallest absolute Gasteiger partial charge is 0.407 e. The number of amides is 1. The third kappa shape index (κ3) is 4.21. The maximum absolute atomic E-state index is 11.4. The van der Waals surface area contributed by atoms with E-state index in [2.05, 4.69) is 49.9 Å². The fourth-order valence-corrected chi connectivity index (χ4v) is 2.94. The Kier molecular flexibility index (Phi) is 4.88. The van der Waals surface area contributed by atoms with Gasteiger partial charge in [-0.25, -0.2) is 4.79 Å². The van der Waals surface area contributed by atoms with Crippen molar-refractivity contribution in [2.24, 2.45) is 5.41 Å².